The van der Waals surface area contributed by atoms with Gasteiger partial charge in [-0.15, -0.1) is 0 Å². The molecule has 3 aromatic carbocycles. The molecule has 0 amide bonds. The van der Waals surface area contributed by atoms with Gasteiger partial charge in [0.1, 0.15) is 0 Å². The number of rotatable bonds is 3. The van der Waals surface area contributed by atoms with Crippen LogP contribution in [0.3, 0.4) is 0 Å². The maximum atomic E-state index is 13.3. The van der Waals surface area contributed by atoms with Crippen LogP contribution >= 0.6 is 0 Å². The van der Waals surface area contributed by atoms with E-state index in [-0.39, 0.29) is 0 Å². The standard InChI is InChI=1S/C22H24N2O2S/c1-17-10-11-21(18(2)16-17)23-12-14-24(15-13-23)27(25,26)22-9-5-7-19-6-3-4-8-20(19)22/h3-11,16H,12-15H2,1-2H3. The van der Waals surface area contributed by atoms with Gasteiger partial charge in [0.2, 0.25) is 10.0 Å². The van der Waals surface area contributed by atoms with E-state index >= 15 is 0 Å². The first-order valence-corrected chi connectivity index (χ1v) is 10.7. The van der Waals surface area contributed by atoms with Gasteiger partial charge in [0, 0.05) is 37.3 Å². The van der Waals surface area contributed by atoms with Crippen LogP contribution in [-0.4, -0.2) is 38.9 Å². The molecule has 0 atom stereocenters. The summed E-state index contributed by atoms with van der Waals surface area (Å²) in [5, 5.41) is 1.74. The van der Waals surface area contributed by atoms with E-state index in [0.29, 0.717) is 31.1 Å². The summed E-state index contributed by atoms with van der Waals surface area (Å²) in [7, 11) is -3.50. The smallest absolute Gasteiger partial charge is 0.243 e. The van der Waals surface area contributed by atoms with Crippen molar-refractivity contribution in [3.05, 3.63) is 71.8 Å². The quantitative estimate of drug-likeness (QED) is 0.690. The van der Waals surface area contributed by atoms with E-state index in [0.717, 1.165) is 10.8 Å². The van der Waals surface area contributed by atoms with Gasteiger partial charge in [0.05, 0.1) is 4.90 Å². The molecule has 27 heavy (non-hydrogen) atoms. The van der Waals surface area contributed by atoms with E-state index in [9.17, 15) is 8.42 Å². The van der Waals surface area contributed by atoms with Crippen molar-refractivity contribution in [3.63, 3.8) is 0 Å². The Hall–Kier alpha value is -2.37. The van der Waals surface area contributed by atoms with Crippen LogP contribution in [0.2, 0.25) is 0 Å². The number of nitrogens with zero attached hydrogens (tertiary/aromatic N) is 2. The summed E-state index contributed by atoms with van der Waals surface area (Å²) in [5.41, 5.74) is 3.68. The van der Waals surface area contributed by atoms with Crippen LogP contribution in [0.25, 0.3) is 10.8 Å². The molecule has 4 rings (SSSR count). The Morgan fingerprint density at radius 2 is 1.52 bits per heavy atom. The summed E-state index contributed by atoms with van der Waals surface area (Å²) < 4.78 is 28.1. The van der Waals surface area contributed by atoms with Crippen LogP contribution in [-0.2, 0) is 10.0 Å². The van der Waals surface area contributed by atoms with E-state index < -0.39 is 10.0 Å². The number of piperazine rings is 1. The second-order valence-electron chi connectivity index (χ2n) is 7.16. The predicted octanol–water partition coefficient (Wildman–Crippen LogP) is 3.97. The Bertz CT molecular complexity index is 1080. The van der Waals surface area contributed by atoms with Crippen molar-refractivity contribution in [1.82, 2.24) is 4.31 Å². The fraction of sp³-hybridized carbons (Fsp3) is 0.273. The van der Waals surface area contributed by atoms with Crippen molar-refractivity contribution in [2.75, 3.05) is 31.1 Å². The molecule has 1 heterocycles. The summed E-state index contributed by atoms with van der Waals surface area (Å²) in [6, 6.07) is 19.6. The first-order valence-electron chi connectivity index (χ1n) is 9.27. The van der Waals surface area contributed by atoms with Gasteiger partial charge in [-0.3, -0.25) is 0 Å². The number of fused-ring (bicyclic) bond motifs is 1. The first-order chi connectivity index (χ1) is 13.0. The third-order valence-corrected chi connectivity index (χ3v) is 7.26. The Balaban J connectivity index is 1.58. The van der Waals surface area contributed by atoms with E-state index in [4.69, 9.17) is 0 Å². The SMILES string of the molecule is Cc1ccc(N2CCN(S(=O)(=O)c3cccc4ccccc34)CC2)c(C)c1. The lowest BCUT2D eigenvalue weighted by atomic mass is 10.1. The van der Waals surface area contributed by atoms with E-state index in [2.05, 4.69) is 36.9 Å². The second kappa shape index (κ2) is 6.98. The number of benzene rings is 3. The van der Waals surface area contributed by atoms with Crippen LogP contribution in [0.15, 0.2) is 65.6 Å². The Kier molecular flexibility index (Phi) is 4.66. The third-order valence-electron chi connectivity index (χ3n) is 5.30. The highest BCUT2D eigenvalue weighted by atomic mass is 32.2. The molecule has 5 heteroatoms. The minimum atomic E-state index is -3.50. The monoisotopic (exact) mass is 380 g/mol. The summed E-state index contributed by atoms with van der Waals surface area (Å²) in [6.07, 6.45) is 0. The largest absolute Gasteiger partial charge is 0.369 e. The molecule has 0 saturated carbocycles. The molecule has 140 valence electrons. The normalized spacial score (nSPS) is 16.0. The average Bonchev–Trinajstić information content (AvgIpc) is 2.67. The zero-order valence-electron chi connectivity index (χ0n) is 15.7. The van der Waals surface area contributed by atoms with Crippen LogP contribution in [0, 0.1) is 13.8 Å². The molecule has 1 aliphatic rings. The van der Waals surface area contributed by atoms with Crippen molar-refractivity contribution < 1.29 is 8.42 Å². The molecule has 4 nitrogen and oxygen atoms in total. The van der Waals surface area contributed by atoms with Crippen LogP contribution < -0.4 is 4.90 Å². The lowest BCUT2D eigenvalue weighted by Gasteiger charge is -2.36. The highest BCUT2D eigenvalue weighted by Gasteiger charge is 2.30. The van der Waals surface area contributed by atoms with Gasteiger partial charge in [0.15, 0.2) is 0 Å². The minimum absolute atomic E-state index is 0.403. The Morgan fingerprint density at radius 3 is 2.26 bits per heavy atom. The summed E-state index contributed by atoms with van der Waals surface area (Å²) >= 11 is 0. The fourth-order valence-electron chi connectivity index (χ4n) is 3.89. The number of sulfonamides is 1. The lowest BCUT2D eigenvalue weighted by Crippen LogP contribution is -2.48. The molecule has 0 aromatic heterocycles. The first kappa shape index (κ1) is 18.0. The predicted molar refractivity (Wildman–Crippen MR) is 111 cm³/mol. The number of hydrogen-bond donors (Lipinski definition) is 0. The molecule has 0 spiro atoms. The van der Waals surface area contributed by atoms with Crippen molar-refractivity contribution in [2.45, 2.75) is 18.7 Å². The van der Waals surface area contributed by atoms with Crippen molar-refractivity contribution in [1.29, 1.82) is 0 Å². The van der Waals surface area contributed by atoms with Crippen LogP contribution in [0.1, 0.15) is 11.1 Å². The number of aryl methyl sites for hydroxylation is 2. The van der Waals surface area contributed by atoms with Crippen LogP contribution in [0.5, 0.6) is 0 Å². The molecule has 1 fully saturated rings. The second-order valence-corrected chi connectivity index (χ2v) is 9.06. The number of anilines is 1. The van der Waals surface area contributed by atoms with E-state index in [1.54, 1.807) is 10.4 Å². The molecule has 0 unspecified atom stereocenters. The summed E-state index contributed by atoms with van der Waals surface area (Å²) in [4.78, 5) is 2.68. The average molecular weight is 381 g/mol. The summed E-state index contributed by atoms with van der Waals surface area (Å²) in [6.45, 7) is 6.60. The maximum absolute atomic E-state index is 13.3. The van der Waals surface area contributed by atoms with Crippen molar-refractivity contribution in [3.8, 4) is 0 Å². The number of hydrogen-bond acceptors (Lipinski definition) is 3. The molecule has 1 aliphatic heterocycles. The van der Waals surface area contributed by atoms with Gasteiger partial charge in [-0.1, -0.05) is 54.1 Å². The summed E-state index contributed by atoms with van der Waals surface area (Å²) in [5.74, 6) is 0. The topological polar surface area (TPSA) is 40.6 Å². The molecule has 1 saturated heterocycles. The molecule has 0 N–H and O–H groups in total. The van der Waals surface area contributed by atoms with Gasteiger partial charge < -0.3 is 4.90 Å². The Morgan fingerprint density at radius 1 is 0.815 bits per heavy atom. The van der Waals surface area contributed by atoms with Gasteiger partial charge in [-0.25, -0.2) is 8.42 Å². The Labute approximate surface area is 161 Å². The van der Waals surface area contributed by atoms with E-state index in [1.165, 1.54) is 16.8 Å². The minimum Gasteiger partial charge on any atom is -0.369 e. The van der Waals surface area contributed by atoms with Crippen molar-refractivity contribution >= 4 is 26.5 Å². The molecule has 0 aliphatic carbocycles. The molecule has 0 radical (unpaired) electrons. The molecule has 0 bridgehead atoms. The van der Waals surface area contributed by atoms with Crippen LogP contribution in [0.4, 0.5) is 5.69 Å². The van der Waals surface area contributed by atoms with Gasteiger partial charge >= 0.3 is 0 Å². The zero-order chi connectivity index (χ0) is 19.0. The molecular weight excluding hydrogens is 356 g/mol. The van der Waals surface area contributed by atoms with Gasteiger partial charge in [-0.05, 0) is 36.9 Å². The molecule has 3 aromatic rings. The van der Waals surface area contributed by atoms with Crippen molar-refractivity contribution in [2.24, 2.45) is 0 Å². The van der Waals surface area contributed by atoms with Gasteiger partial charge in [0.25, 0.3) is 0 Å². The van der Waals surface area contributed by atoms with E-state index in [1.807, 2.05) is 36.4 Å². The fourth-order valence-corrected chi connectivity index (χ4v) is 5.53. The van der Waals surface area contributed by atoms with Gasteiger partial charge in [-0.2, -0.15) is 4.31 Å². The lowest BCUT2D eigenvalue weighted by molar-refractivity contribution is 0.385. The highest BCUT2D eigenvalue weighted by Crippen LogP contribution is 2.28. The third kappa shape index (κ3) is 3.33. The maximum Gasteiger partial charge on any atom is 0.243 e. The zero-order valence-corrected chi connectivity index (χ0v) is 16.5. The highest BCUT2D eigenvalue weighted by molar-refractivity contribution is 7.89. The molecular formula is C22H24N2O2S.